The maximum absolute atomic E-state index is 12.3. The Bertz CT molecular complexity index is 1090. The Morgan fingerprint density at radius 2 is 2.04 bits per heavy atom. The smallest absolute Gasteiger partial charge is 0.227 e. The Kier molecular flexibility index (Phi) is 4.83. The molecule has 0 radical (unpaired) electrons. The summed E-state index contributed by atoms with van der Waals surface area (Å²) in [6.07, 6.45) is 3.87. The number of hydrogen-bond acceptors (Lipinski definition) is 8. The highest BCUT2D eigenvalue weighted by Crippen LogP contribution is 2.20. The van der Waals surface area contributed by atoms with E-state index in [2.05, 4.69) is 36.0 Å². The molecule has 10 nitrogen and oxygen atoms in total. The van der Waals surface area contributed by atoms with Crippen LogP contribution >= 0.6 is 0 Å². The van der Waals surface area contributed by atoms with Crippen molar-refractivity contribution >= 4 is 11.6 Å². The van der Waals surface area contributed by atoms with E-state index in [9.17, 15) is 4.79 Å². The lowest BCUT2D eigenvalue weighted by atomic mass is 10.2. The Morgan fingerprint density at radius 3 is 2.82 bits per heavy atom. The molecule has 0 aliphatic heterocycles. The van der Waals surface area contributed by atoms with Crippen molar-refractivity contribution in [3.63, 3.8) is 0 Å². The van der Waals surface area contributed by atoms with E-state index >= 15 is 0 Å². The van der Waals surface area contributed by atoms with Gasteiger partial charge in [0.2, 0.25) is 17.6 Å². The predicted molar refractivity (Wildman–Crippen MR) is 98.7 cm³/mol. The number of anilines is 1. The van der Waals surface area contributed by atoms with Gasteiger partial charge in [-0.3, -0.25) is 9.78 Å². The first kappa shape index (κ1) is 17.5. The van der Waals surface area contributed by atoms with Gasteiger partial charge in [-0.05, 0) is 34.7 Å². The monoisotopic (exact) mass is 376 g/mol. The molecule has 0 saturated heterocycles. The molecular weight excluding hydrogens is 360 g/mol. The number of hydrogen-bond donors (Lipinski definition) is 1. The molecular formula is C18H16N8O2. The molecule has 1 amide bonds. The van der Waals surface area contributed by atoms with Crippen LogP contribution in [-0.2, 0) is 18.3 Å². The zero-order valence-electron chi connectivity index (χ0n) is 15.0. The molecule has 0 aliphatic carbocycles. The second kappa shape index (κ2) is 7.74. The number of amides is 1. The zero-order valence-corrected chi connectivity index (χ0v) is 15.0. The summed E-state index contributed by atoms with van der Waals surface area (Å²) in [5, 5.41) is 18.2. The fourth-order valence-corrected chi connectivity index (χ4v) is 2.63. The number of tetrazole rings is 1. The highest BCUT2D eigenvalue weighted by atomic mass is 16.5. The lowest BCUT2D eigenvalue weighted by Crippen LogP contribution is -2.12. The van der Waals surface area contributed by atoms with Gasteiger partial charge in [-0.15, -0.1) is 5.10 Å². The van der Waals surface area contributed by atoms with Crippen LogP contribution in [0.4, 0.5) is 5.69 Å². The minimum absolute atomic E-state index is 0.156. The van der Waals surface area contributed by atoms with Crippen LogP contribution in [0, 0.1) is 0 Å². The maximum Gasteiger partial charge on any atom is 0.227 e. The number of nitrogens with zero attached hydrogens (tertiary/aromatic N) is 7. The van der Waals surface area contributed by atoms with E-state index in [4.69, 9.17) is 4.52 Å². The first-order valence-corrected chi connectivity index (χ1v) is 8.54. The number of rotatable bonds is 6. The zero-order chi connectivity index (χ0) is 19.3. The number of pyridine rings is 1. The number of aromatic nitrogens is 7. The van der Waals surface area contributed by atoms with Crippen molar-refractivity contribution in [1.82, 2.24) is 35.3 Å². The third-order valence-electron chi connectivity index (χ3n) is 4.00. The number of aryl methyl sites for hydroxylation is 2. The molecule has 4 rings (SSSR count). The van der Waals surface area contributed by atoms with Gasteiger partial charge in [0.25, 0.3) is 0 Å². The Balaban J connectivity index is 1.37. The molecule has 0 spiro atoms. The highest BCUT2D eigenvalue weighted by Gasteiger charge is 2.12. The number of nitrogens with one attached hydrogen (secondary N) is 1. The van der Waals surface area contributed by atoms with E-state index in [1.54, 1.807) is 42.3 Å². The molecule has 4 aromatic rings. The first-order valence-electron chi connectivity index (χ1n) is 8.54. The van der Waals surface area contributed by atoms with E-state index in [1.165, 1.54) is 0 Å². The van der Waals surface area contributed by atoms with E-state index in [1.807, 2.05) is 18.2 Å². The average molecular weight is 376 g/mol. The summed E-state index contributed by atoms with van der Waals surface area (Å²) in [5.41, 5.74) is 2.28. The van der Waals surface area contributed by atoms with Gasteiger partial charge in [0.1, 0.15) is 0 Å². The van der Waals surface area contributed by atoms with Crippen LogP contribution in [-0.4, -0.2) is 41.2 Å². The van der Waals surface area contributed by atoms with Gasteiger partial charge in [-0.25, -0.2) is 4.68 Å². The molecule has 0 aliphatic rings. The fraction of sp³-hybridized carbons (Fsp3) is 0.167. The number of carbonyl (C=O) groups excluding carboxylic acids is 1. The highest BCUT2D eigenvalue weighted by molar-refractivity contribution is 5.91. The van der Waals surface area contributed by atoms with Crippen molar-refractivity contribution in [2.24, 2.45) is 7.05 Å². The SMILES string of the molecule is Cn1nnnc1-c1cccc(NC(=O)CCc2nc(-c3ccncc3)no2)c1. The average Bonchev–Trinajstić information content (AvgIpc) is 3.36. The van der Waals surface area contributed by atoms with Crippen LogP contribution in [0.2, 0.25) is 0 Å². The second-order valence-electron chi connectivity index (χ2n) is 6.00. The summed E-state index contributed by atoms with van der Waals surface area (Å²) in [7, 11) is 1.76. The van der Waals surface area contributed by atoms with Gasteiger partial charge in [0.15, 0.2) is 5.82 Å². The normalized spacial score (nSPS) is 10.8. The molecule has 0 fully saturated rings. The van der Waals surface area contributed by atoms with E-state index in [-0.39, 0.29) is 12.3 Å². The molecule has 3 heterocycles. The number of carbonyl (C=O) groups is 1. The number of benzene rings is 1. The second-order valence-corrected chi connectivity index (χ2v) is 6.00. The van der Waals surface area contributed by atoms with Crippen LogP contribution in [0.1, 0.15) is 12.3 Å². The van der Waals surface area contributed by atoms with Crippen molar-refractivity contribution in [3.05, 3.63) is 54.7 Å². The molecule has 28 heavy (non-hydrogen) atoms. The molecule has 0 atom stereocenters. The van der Waals surface area contributed by atoms with Crippen molar-refractivity contribution in [2.45, 2.75) is 12.8 Å². The van der Waals surface area contributed by atoms with Crippen molar-refractivity contribution in [1.29, 1.82) is 0 Å². The molecule has 1 aromatic carbocycles. The quantitative estimate of drug-likeness (QED) is 0.541. The van der Waals surface area contributed by atoms with E-state index < -0.39 is 0 Å². The largest absolute Gasteiger partial charge is 0.339 e. The van der Waals surface area contributed by atoms with Gasteiger partial charge in [0, 0.05) is 49.1 Å². The minimum Gasteiger partial charge on any atom is -0.339 e. The lowest BCUT2D eigenvalue weighted by molar-refractivity contribution is -0.116. The van der Waals surface area contributed by atoms with Gasteiger partial charge >= 0.3 is 0 Å². The van der Waals surface area contributed by atoms with Crippen LogP contribution in [0.3, 0.4) is 0 Å². The van der Waals surface area contributed by atoms with Crippen molar-refractivity contribution in [3.8, 4) is 22.8 Å². The van der Waals surface area contributed by atoms with E-state index in [0.717, 1.165) is 11.1 Å². The van der Waals surface area contributed by atoms with Crippen molar-refractivity contribution in [2.75, 3.05) is 5.32 Å². The molecule has 10 heteroatoms. The van der Waals surface area contributed by atoms with Crippen LogP contribution < -0.4 is 5.32 Å². The van der Waals surface area contributed by atoms with Crippen LogP contribution in [0.15, 0.2) is 53.3 Å². The van der Waals surface area contributed by atoms with Gasteiger partial charge in [-0.2, -0.15) is 4.98 Å². The third kappa shape index (κ3) is 3.90. The molecule has 140 valence electrons. The summed E-state index contributed by atoms with van der Waals surface area (Å²) >= 11 is 0. The third-order valence-corrected chi connectivity index (χ3v) is 4.00. The predicted octanol–water partition coefficient (Wildman–Crippen LogP) is 1.89. The molecule has 0 unspecified atom stereocenters. The van der Waals surface area contributed by atoms with Crippen molar-refractivity contribution < 1.29 is 9.32 Å². The van der Waals surface area contributed by atoms with Crippen LogP contribution in [0.5, 0.6) is 0 Å². The van der Waals surface area contributed by atoms with E-state index in [0.29, 0.717) is 29.6 Å². The van der Waals surface area contributed by atoms with Gasteiger partial charge in [-0.1, -0.05) is 17.3 Å². The summed E-state index contributed by atoms with van der Waals surface area (Å²) in [6, 6.07) is 10.9. The maximum atomic E-state index is 12.3. The Hall–Kier alpha value is -3.95. The Morgan fingerprint density at radius 1 is 1.18 bits per heavy atom. The minimum atomic E-state index is -0.156. The summed E-state index contributed by atoms with van der Waals surface area (Å²) in [5.74, 6) is 1.34. The molecule has 0 bridgehead atoms. The molecule has 1 N–H and O–H groups in total. The molecule has 0 saturated carbocycles. The fourth-order valence-electron chi connectivity index (χ4n) is 2.63. The lowest BCUT2D eigenvalue weighted by Gasteiger charge is -2.06. The summed E-state index contributed by atoms with van der Waals surface area (Å²) in [4.78, 5) is 20.5. The first-order chi connectivity index (χ1) is 13.7. The topological polar surface area (TPSA) is 125 Å². The van der Waals surface area contributed by atoms with Gasteiger partial charge in [0.05, 0.1) is 0 Å². The van der Waals surface area contributed by atoms with Crippen LogP contribution in [0.25, 0.3) is 22.8 Å². The van der Waals surface area contributed by atoms with Gasteiger partial charge < -0.3 is 9.84 Å². The standard InChI is InChI=1S/C18H16N8O2/c1-26-18(22-24-25-26)13-3-2-4-14(11-13)20-15(27)5-6-16-21-17(23-28-16)12-7-9-19-10-8-12/h2-4,7-11H,5-6H2,1H3,(H,20,27). The summed E-state index contributed by atoms with van der Waals surface area (Å²) < 4.78 is 6.78. The summed E-state index contributed by atoms with van der Waals surface area (Å²) in [6.45, 7) is 0. The Labute approximate surface area is 159 Å². The molecule has 3 aromatic heterocycles.